The van der Waals surface area contributed by atoms with Crippen LogP contribution in [0.5, 0.6) is 0 Å². The Hall–Kier alpha value is -1.12. The molecule has 0 aromatic heterocycles. The average molecular weight is 254 g/mol. The number of nitrogens with two attached hydrogens (primary N) is 1. The van der Waals surface area contributed by atoms with Crippen LogP contribution in [0.4, 0.5) is 8.78 Å². The summed E-state index contributed by atoms with van der Waals surface area (Å²) in [6.45, 7) is 0. The molecule has 2 nitrogen and oxygen atoms in total. The molecule has 1 unspecified atom stereocenters. The van der Waals surface area contributed by atoms with E-state index in [4.69, 9.17) is 11.0 Å². The van der Waals surface area contributed by atoms with Crippen molar-refractivity contribution in [2.24, 2.45) is 11.7 Å². The Labute approximate surface area is 103 Å². The summed E-state index contributed by atoms with van der Waals surface area (Å²) in [5.74, 6) is -0.488. The number of hydrogen-bond donors (Lipinski definition) is 1. The molecule has 17 heavy (non-hydrogen) atoms. The van der Waals surface area contributed by atoms with E-state index in [1.807, 2.05) is 0 Å². The van der Waals surface area contributed by atoms with Crippen molar-refractivity contribution in [2.75, 3.05) is 5.75 Å². The van der Waals surface area contributed by atoms with Gasteiger partial charge < -0.3 is 5.73 Å². The predicted molar refractivity (Wildman–Crippen MR) is 62.3 cm³/mol. The van der Waals surface area contributed by atoms with Crippen LogP contribution in [-0.2, 0) is 0 Å². The lowest BCUT2D eigenvalue weighted by molar-refractivity contribution is 0.531. The van der Waals surface area contributed by atoms with Crippen molar-refractivity contribution in [3.05, 3.63) is 29.8 Å². The van der Waals surface area contributed by atoms with Gasteiger partial charge in [-0.1, -0.05) is 0 Å². The van der Waals surface area contributed by atoms with E-state index in [1.54, 1.807) is 0 Å². The summed E-state index contributed by atoms with van der Waals surface area (Å²) in [4.78, 5) is 0.204. The summed E-state index contributed by atoms with van der Waals surface area (Å²) in [5, 5.41) is 9.04. The monoisotopic (exact) mass is 254 g/mol. The lowest BCUT2D eigenvalue weighted by Gasteiger charge is -2.20. The molecule has 0 radical (unpaired) electrons. The van der Waals surface area contributed by atoms with Crippen molar-refractivity contribution in [3.63, 3.8) is 0 Å². The molecule has 1 fully saturated rings. The van der Waals surface area contributed by atoms with E-state index >= 15 is 0 Å². The second-order valence-corrected chi connectivity index (χ2v) is 5.31. The van der Waals surface area contributed by atoms with E-state index in [-0.39, 0.29) is 16.6 Å². The van der Waals surface area contributed by atoms with Gasteiger partial charge in [0.1, 0.15) is 17.2 Å². The third-order valence-corrected chi connectivity index (χ3v) is 4.12. The Kier molecular flexibility index (Phi) is 3.36. The van der Waals surface area contributed by atoms with Crippen LogP contribution >= 0.6 is 11.8 Å². The fraction of sp³-hybridized carbons (Fsp3) is 0.417. The van der Waals surface area contributed by atoms with E-state index in [9.17, 15) is 8.78 Å². The summed E-state index contributed by atoms with van der Waals surface area (Å²) >= 11 is 1.10. The highest BCUT2D eigenvalue weighted by Gasteiger charge is 2.42. The molecule has 90 valence electrons. The fourth-order valence-electron chi connectivity index (χ4n) is 1.62. The first-order valence-corrected chi connectivity index (χ1v) is 6.32. The molecule has 0 saturated heterocycles. The molecule has 0 spiro atoms. The van der Waals surface area contributed by atoms with Crippen molar-refractivity contribution in [2.45, 2.75) is 23.3 Å². The van der Waals surface area contributed by atoms with E-state index in [0.717, 1.165) is 42.8 Å². The maximum absolute atomic E-state index is 13.4. The molecule has 0 amide bonds. The SMILES string of the molecule is N#CC(N)(CSc1cc(F)ccc1F)C1CC1. The van der Waals surface area contributed by atoms with Gasteiger partial charge in [-0.15, -0.1) is 11.8 Å². The number of nitrogens with zero attached hydrogens (tertiary/aromatic N) is 1. The number of hydrogen-bond acceptors (Lipinski definition) is 3. The Bertz CT molecular complexity index is 468. The van der Waals surface area contributed by atoms with Gasteiger partial charge >= 0.3 is 0 Å². The summed E-state index contributed by atoms with van der Waals surface area (Å²) in [6, 6.07) is 5.37. The first kappa shape index (κ1) is 12.3. The molecule has 0 bridgehead atoms. The first-order chi connectivity index (χ1) is 8.05. The van der Waals surface area contributed by atoms with Crippen LogP contribution in [0, 0.1) is 28.9 Å². The van der Waals surface area contributed by atoms with Gasteiger partial charge in [-0.2, -0.15) is 5.26 Å². The lowest BCUT2D eigenvalue weighted by Crippen LogP contribution is -2.43. The van der Waals surface area contributed by atoms with Crippen molar-refractivity contribution in [3.8, 4) is 6.07 Å². The number of nitriles is 1. The van der Waals surface area contributed by atoms with E-state index < -0.39 is 17.2 Å². The summed E-state index contributed by atoms with van der Waals surface area (Å²) in [5.41, 5.74) is 5.01. The van der Waals surface area contributed by atoms with Crippen LogP contribution in [0.25, 0.3) is 0 Å². The summed E-state index contributed by atoms with van der Waals surface area (Å²) < 4.78 is 26.3. The molecule has 1 aliphatic rings. The third-order valence-electron chi connectivity index (χ3n) is 2.87. The summed E-state index contributed by atoms with van der Waals surface area (Å²) in [7, 11) is 0. The number of benzene rings is 1. The van der Waals surface area contributed by atoms with Gasteiger partial charge in [0.15, 0.2) is 0 Å². The molecule has 1 aromatic rings. The van der Waals surface area contributed by atoms with Crippen LogP contribution in [0.15, 0.2) is 23.1 Å². The van der Waals surface area contributed by atoms with Crippen LogP contribution in [0.2, 0.25) is 0 Å². The molecule has 2 rings (SSSR count). The minimum atomic E-state index is -0.927. The van der Waals surface area contributed by atoms with E-state index in [1.165, 1.54) is 0 Å². The minimum absolute atomic E-state index is 0.191. The summed E-state index contributed by atoms with van der Waals surface area (Å²) in [6.07, 6.45) is 1.88. The molecule has 1 saturated carbocycles. The van der Waals surface area contributed by atoms with E-state index in [0.29, 0.717) is 0 Å². The first-order valence-electron chi connectivity index (χ1n) is 5.33. The molecule has 2 N–H and O–H groups in total. The maximum Gasteiger partial charge on any atom is 0.136 e. The Morgan fingerprint density at radius 3 is 2.76 bits per heavy atom. The zero-order chi connectivity index (χ0) is 12.5. The second kappa shape index (κ2) is 4.63. The van der Waals surface area contributed by atoms with Crippen molar-refractivity contribution >= 4 is 11.8 Å². The predicted octanol–water partition coefficient (Wildman–Crippen LogP) is 2.69. The molecular formula is C12H12F2N2S. The van der Waals surface area contributed by atoms with Crippen molar-refractivity contribution in [1.82, 2.24) is 0 Å². The highest BCUT2D eigenvalue weighted by Crippen LogP contribution is 2.40. The van der Waals surface area contributed by atoms with Gasteiger partial charge in [0.05, 0.1) is 6.07 Å². The van der Waals surface area contributed by atoms with Crippen LogP contribution < -0.4 is 5.73 Å². The van der Waals surface area contributed by atoms with Gasteiger partial charge in [0.25, 0.3) is 0 Å². The average Bonchev–Trinajstić information content (AvgIpc) is 3.14. The highest BCUT2D eigenvalue weighted by atomic mass is 32.2. The largest absolute Gasteiger partial charge is 0.312 e. The van der Waals surface area contributed by atoms with Crippen LogP contribution in [0.3, 0.4) is 0 Å². The smallest absolute Gasteiger partial charge is 0.136 e. The Balaban J connectivity index is 2.06. The molecular weight excluding hydrogens is 242 g/mol. The van der Waals surface area contributed by atoms with Gasteiger partial charge in [-0.25, -0.2) is 8.78 Å². The quantitative estimate of drug-likeness (QED) is 0.840. The van der Waals surface area contributed by atoms with Crippen LogP contribution in [0.1, 0.15) is 12.8 Å². The maximum atomic E-state index is 13.4. The molecule has 1 atom stereocenters. The zero-order valence-corrected chi connectivity index (χ0v) is 9.94. The minimum Gasteiger partial charge on any atom is -0.312 e. The number of rotatable bonds is 4. The fourth-order valence-corrected chi connectivity index (χ4v) is 2.72. The standard InChI is InChI=1S/C12H12F2N2S/c13-9-3-4-10(14)11(5-9)17-7-12(16,6-15)8-1-2-8/h3-5,8H,1-2,7,16H2. The Morgan fingerprint density at radius 2 is 2.18 bits per heavy atom. The van der Waals surface area contributed by atoms with E-state index in [2.05, 4.69) is 6.07 Å². The van der Waals surface area contributed by atoms with Gasteiger partial charge in [-0.3, -0.25) is 0 Å². The Morgan fingerprint density at radius 1 is 1.47 bits per heavy atom. The molecule has 0 heterocycles. The number of thioether (sulfide) groups is 1. The van der Waals surface area contributed by atoms with Gasteiger partial charge in [0.2, 0.25) is 0 Å². The van der Waals surface area contributed by atoms with Crippen molar-refractivity contribution in [1.29, 1.82) is 5.26 Å². The highest BCUT2D eigenvalue weighted by molar-refractivity contribution is 7.99. The van der Waals surface area contributed by atoms with Gasteiger partial charge in [0, 0.05) is 10.6 Å². The normalized spacial score (nSPS) is 18.5. The number of halogens is 2. The molecule has 0 aliphatic heterocycles. The molecule has 1 aliphatic carbocycles. The topological polar surface area (TPSA) is 49.8 Å². The lowest BCUT2D eigenvalue weighted by atomic mass is 10.00. The zero-order valence-electron chi connectivity index (χ0n) is 9.12. The molecule has 5 heteroatoms. The third kappa shape index (κ3) is 2.76. The van der Waals surface area contributed by atoms with Crippen molar-refractivity contribution < 1.29 is 8.78 Å². The molecule has 1 aromatic carbocycles. The van der Waals surface area contributed by atoms with Crippen LogP contribution in [-0.4, -0.2) is 11.3 Å². The van der Waals surface area contributed by atoms with Gasteiger partial charge in [-0.05, 0) is 37.0 Å². The second-order valence-electron chi connectivity index (χ2n) is 4.29.